The summed E-state index contributed by atoms with van der Waals surface area (Å²) >= 11 is 0. The summed E-state index contributed by atoms with van der Waals surface area (Å²) in [5.41, 5.74) is 6.15. The molecule has 0 saturated carbocycles. The van der Waals surface area contributed by atoms with E-state index in [1.165, 1.54) is 12.4 Å². The maximum absolute atomic E-state index is 10.5. The number of nitrogens with two attached hydrogens (primary N) is 1. The average Bonchev–Trinajstić information content (AvgIpc) is 2.24. The number of aromatic nitrogens is 1. The summed E-state index contributed by atoms with van der Waals surface area (Å²) in [6, 6.07) is 0. The molecular formula is C10H13N3O3. The summed E-state index contributed by atoms with van der Waals surface area (Å²) in [6.07, 6.45) is 2.75. The van der Waals surface area contributed by atoms with Crippen LogP contribution in [0.1, 0.15) is 16.8 Å². The minimum Gasteiger partial charge on any atom is -0.505 e. The Morgan fingerprint density at radius 1 is 1.69 bits per heavy atom. The minimum atomic E-state index is -0.563. The minimum absolute atomic E-state index is 0.0558. The largest absolute Gasteiger partial charge is 0.505 e. The fourth-order valence-corrected chi connectivity index (χ4v) is 1.15. The van der Waals surface area contributed by atoms with E-state index in [1.54, 1.807) is 6.92 Å². The van der Waals surface area contributed by atoms with Crippen molar-refractivity contribution < 1.29 is 15.0 Å². The first kappa shape index (κ1) is 12.1. The van der Waals surface area contributed by atoms with Gasteiger partial charge in [-0.25, -0.2) is 0 Å². The van der Waals surface area contributed by atoms with Gasteiger partial charge in [0.05, 0.1) is 12.3 Å². The summed E-state index contributed by atoms with van der Waals surface area (Å²) in [5, 5.41) is 18.7. The van der Waals surface area contributed by atoms with Crippen LogP contribution in [-0.4, -0.2) is 33.9 Å². The average molecular weight is 223 g/mol. The standard InChI is InChI=1S/C10H13N3O3/c1-6-10(16)8(3-12-4-9(11)15)7(5-14)2-13-6/h2-3,14,16H,4-5H2,1H3,(H2,11,15). The van der Waals surface area contributed by atoms with Gasteiger partial charge in [0.2, 0.25) is 5.91 Å². The van der Waals surface area contributed by atoms with Crippen molar-refractivity contribution in [2.75, 3.05) is 6.54 Å². The number of primary amides is 1. The number of aliphatic hydroxyl groups excluding tert-OH is 1. The van der Waals surface area contributed by atoms with Gasteiger partial charge in [0.15, 0.2) is 0 Å². The van der Waals surface area contributed by atoms with E-state index in [0.29, 0.717) is 16.8 Å². The van der Waals surface area contributed by atoms with Gasteiger partial charge in [0, 0.05) is 23.5 Å². The van der Waals surface area contributed by atoms with Crippen LogP contribution in [0.4, 0.5) is 0 Å². The predicted octanol–water partition coefficient (Wildman–Crippen LogP) is -0.508. The number of carbonyl (C=O) groups excluding carboxylic acids is 1. The van der Waals surface area contributed by atoms with E-state index in [0.717, 1.165) is 0 Å². The zero-order chi connectivity index (χ0) is 12.1. The number of rotatable bonds is 4. The van der Waals surface area contributed by atoms with Crippen LogP contribution in [0.2, 0.25) is 0 Å². The van der Waals surface area contributed by atoms with Crippen LogP contribution >= 0.6 is 0 Å². The van der Waals surface area contributed by atoms with E-state index in [1.807, 2.05) is 0 Å². The summed E-state index contributed by atoms with van der Waals surface area (Å²) in [7, 11) is 0. The number of carbonyl (C=O) groups is 1. The molecule has 4 N–H and O–H groups in total. The fourth-order valence-electron chi connectivity index (χ4n) is 1.15. The van der Waals surface area contributed by atoms with Gasteiger partial charge in [-0.1, -0.05) is 0 Å². The molecule has 6 nitrogen and oxygen atoms in total. The van der Waals surface area contributed by atoms with Gasteiger partial charge in [-0.3, -0.25) is 14.8 Å². The molecule has 0 spiro atoms. The predicted molar refractivity (Wildman–Crippen MR) is 58.2 cm³/mol. The third-order valence-electron chi connectivity index (χ3n) is 2.00. The molecule has 0 aliphatic heterocycles. The Morgan fingerprint density at radius 2 is 2.38 bits per heavy atom. The lowest BCUT2D eigenvalue weighted by atomic mass is 10.1. The molecule has 0 bridgehead atoms. The second kappa shape index (κ2) is 5.22. The SMILES string of the molecule is Cc1ncc(CO)c(C=NCC(N)=O)c1O. The molecule has 0 unspecified atom stereocenters. The molecule has 0 aliphatic rings. The van der Waals surface area contributed by atoms with Crippen LogP contribution in [0.15, 0.2) is 11.2 Å². The van der Waals surface area contributed by atoms with Gasteiger partial charge >= 0.3 is 0 Å². The van der Waals surface area contributed by atoms with Crippen LogP contribution in [0, 0.1) is 6.92 Å². The van der Waals surface area contributed by atoms with Gasteiger partial charge in [-0.2, -0.15) is 0 Å². The highest BCUT2D eigenvalue weighted by Crippen LogP contribution is 2.21. The van der Waals surface area contributed by atoms with Gasteiger partial charge in [0.1, 0.15) is 12.3 Å². The zero-order valence-electron chi connectivity index (χ0n) is 8.84. The van der Waals surface area contributed by atoms with Crippen molar-refractivity contribution in [1.29, 1.82) is 0 Å². The quantitative estimate of drug-likeness (QED) is 0.597. The van der Waals surface area contributed by atoms with E-state index < -0.39 is 5.91 Å². The highest BCUT2D eigenvalue weighted by Gasteiger charge is 2.08. The van der Waals surface area contributed by atoms with Crippen molar-refractivity contribution >= 4 is 12.1 Å². The number of hydrogen-bond acceptors (Lipinski definition) is 5. The van der Waals surface area contributed by atoms with Crippen LogP contribution in [0.5, 0.6) is 5.75 Å². The molecular weight excluding hydrogens is 210 g/mol. The number of aliphatic hydroxyl groups is 1. The van der Waals surface area contributed by atoms with Crippen molar-refractivity contribution in [3.63, 3.8) is 0 Å². The Kier molecular flexibility index (Phi) is 3.96. The molecule has 0 saturated heterocycles. The molecule has 0 fully saturated rings. The van der Waals surface area contributed by atoms with E-state index in [9.17, 15) is 9.90 Å². The van der Waals surface area contributed by atoms with E-state index in [-0.39, 0.29) is 18.9 Å². The lowest BCUT2D eigenvalue weighted by molar-refractivity contribution is -0.116. The number of pyridine rings is 1. The molecule has 0 atom stereocenters. The maximum atomic E-state index is 10.5. The second-order valence-electron chi connectivity index (χ2n) is 3.23. The normalized spacial score (nSPS) is 10.9. The third kappa shape index (κ3) is 2.77. The fraction of sp³-hybridized carbons (Fsp3) is 0.300. The van der Waals surface area contributed by atoms with Gasteiger partial charge < -0.3 is 15.9 Å². The lowest BCUT2D eigenvalue weighted by Gasteiger charge is -2.06. The number of aryl methyl sites for hydroxylation is 1. The molecule has 1 heterocycles. The Morgan fingerprint density at radius 3 is 2.94 bits per heavy atom. The van der Waals surface area contributed by atoms with E-state index in [4.69, 9.17) is 10.8 Å². The molecule has 6 heteroatoms. The molecule has 86 valence electrons. The Labute approximate surface area is 92.5 Å². The maximum Gasteiger partial charge on any atom is 0.239 e. The van der Waals surface area contributed by atoms with Crippen LogP contribution in [0.25, 0.3) is 0 Å². The smallest absolute Gasteiger partial charge is 0.239 e. The summed E-state index contributed by atoms with van der Waals surface area (Å²) in [6.45, 7) is 1.20. The number of aromatic hydroxyl groups is 1. The molecule has 16 heavy (non-hydrogen) atoms. The third-order valence-corrected chi connectivity index (χ3v) is 2.00. The monoisotopic (exact) mass is 223 g/mol. The van der Waals surface area contributed by atoms with E-state index in [2.05, 4.69) is 9.98 Å². The number of aliphatic imine (C=N–C) groups is 1. The molecule has 0 aliphatic carbocycles. The second-order valence-corrected chi connectivity index (χ2v) is 3.23. The van der Waals surface area contributed by atoms with Crippen LogP contribution in [0.3, 0.4) is 0 Å². The molecule has 1 rings (SSSR count). The first-order chi connectivity index (χ1) is 7.56. The molecule has 1 amide bonds. The first-order valence-corrected chi connectivity index (χ1v) is 4.62. The van der Waals surface area contributed by atoms with Crippen molar-refractivity contribution in [2.45, 2.75) is 13.5 Å². The molecule has 0 radical (unpaired) electrons. The molecule has 1 aromatic heterocycles. The van der Waals surface area contributed by atoms with Crippen molar-refractivity contribution in [1.82, 2.24) is 4.98 Å². The van der Waals surface area contributed by atoms with Crippen LogP contribution in [-0.2, 0) is 11.4 Å². The lowest BCUT2D eigenvalue weighted by Crippen LogP contribution is -2.14. The van der Waals surface area contributed by atoms with Crippen molar-refractivity contribution in [3.05, 3.63) is 23.0 Å². The van der Waals surface area contributed by atoms with Crippen molar-refractivity contribution in [3.8, 4) is 5.75 Å². The molecule has 0 aromatic carbocycles. The number of hydrogen-bond donors (Lipinski definition) is 3. The highest BCUT2D eigenvalue weighted by atomic mass is 16.3. The van der Waals surface area contributed by atoms with Gasteiger partial charge in [-0.15, -0.1) is 0 Å². The number of amides is 1. The summed E-state index contributed by atoms with van der Waals surface area (Å²) in [5.74, 6) is -0.619. The van der Waals surface area contributed by atoms with Crippen molar-refractivity contribution in [2.24, 2.45) is 10.7 Å². The van der Waals surface area contributed by atoms with E-state index >= 15 is 0 Å². The molecule has 1 aromatic rings. The Hall–Kier alpha value is -1.95. The highest BCUT2D eigenvalue weighted by molar-refractivity contribution is 5.87. The summed E-state index contributed by atoms with van der Waals surface area (Å²) < 4.78 is 0. The Balaban J connectivity index is 3.05. The Bertz CT molecular complexity index is 430. The zero-order valence-corrected chi connectivity index (χ0v) is 8.84. The summed E-state index contributed by atoms with van der Waals surface area (Å²) in [4.78, 5) is 18.1. The number of nitrogens with zero attached hydrogens (tertiary/aromatic N) is 2. The van der Waals surface area contributed by atoms with Crippen LogP contribution < -0.4 is 5.73 Å². The van der Waals surface area contributed by atoms with Gasteiger partial charge in [-0.05, 0) is 6.92 Å². The van der Waals surface area contributed by atoms with Gasteiger partial charge in [0.25, 0.3) is 0 Å². The first-order valence-electron chi connectivity index (χ1n) is 4.62. The topological polar surface area (TPSA) is 109 Å².